The average Bonchev–Trinajstić information content (AvgIpc) is 2.91. The molecule has 0 spiro atoms. The molecule has 1 aliphatic heterocycles. The minimum atomic E-state index is -3.83. The predicted octanol–water partition coefficient (Wildman–Crippen LogP) is 3.46. The molecule has 1 saturated heterocycles. The van der Waals surface area contributed by atoms with Crippen LogP contribution in [0.25, 0.3) is 0 Å². The van der Waals surface area contributed by atoms with Gasteiger partial charge >= 0.3 is 0 Å². The van der Waals surface area contributed by atoms with E-state index in [0.29, 0.717) is 22.1 Å². The molecule has 2 heterocycles. The Labute approximate surface area is 178 Å². The Kier molecular flexibility index (Phi) is 5.91. The topological polar surface area (TPSA) is 70.5 Å². The Morgan fingerprint density at radius 1 is 1.10 bits per heavy atom. The lowest BCUT2D eigenvalue weighted by Crippen LogP contribution is -2.44. The SMILES string of the molecule is Cc1nn(C(C)(C)C)c(C)c1S(=O)(=O)Nc1cc(Cl)ccc1N1CCN(C)CC1. The maximum atomic E-state index is 13.3. The summed E-state index contributed by atoms with van der Waals surface area (Å²) < 4.78 is 31.2. The van der Waals surface area contributed by atoms with Crippen molar-refractivity contribution < 1.29 is 8.42 Å². The summed E-state index contributed by atoms with van der Waals surface area (Å²) in [6.07, 6.45) is 0. The highest BCUT2D eigenvalue weighted by Crippen LogP contribution is 2.33. The van der Waals surface area contributed by atoms with Crippen LogP contribution in [0.15, 0.2) is 23.1 Å². The number of hydrogen-bond acceptors (Lipinski definition) is 5. The third kappa shape index (κ3) is 4.54. The molecule has 29 heavy (non-hydrogen) atoms. The van der Waals surface area contributed by atoms with Gasteiger partial charge in [-0.3, -0.25) is 9.40 Å². The highest BCUT2D eigenvalue weighted by atomic mass is 35.5. The summed E-state index contributed by atoms with van der Waals surface area (Å²) in [5, 5.41) is 4.97. The van der Waals surface area contributed by atoms with Gasteiger partial charge in [0.15, 0.2) is 0 Å². The fraction of sp³-hybridized carbons (Fsp3) is 0.550. The first-order chi connectivity index (χ1) is 13.4. The second-order valence-corrected chi connectivity index (χ2v) is 10.7. The first-order valence-electron chi connectivity index (χ1n) is 9.73. The van der Waals surface area contributed by atoms with Gasteiger partial charge in [-0.05, 0) is 59.9 Å². The normalized spacial score (nSPS) is 16.3. The number of aromatic nitrogens is 2. The molecular weight excluding hydrogens is 410 g/mol. The average molecular weight is 440 g/mol. The van der Waals surface area contributed by atoms with Crippen LogP contribution in [-0.2, 0) is 15.6 Å². The van der Waals surface area contributed by atoms with Crippen molar-refractivity contribution in [2.75, 3.05) is 42.8 Å². The van der Waals surface area contributed by atoms with Crippen LogP contribution in [0.1, 0.15) is 32.2 Å². The Morgan fingerprint density at radius 3 is 2.28 bits per heavy atom. The van der Waals surface area contributed by atoms with Crippen molar-refractivity contribution in [2.45, 2.75) is 45.1 Å². The van der Waals surface area contributed by atoms with E-state index < -0.39 is 10.0 Å². The largest absolute Gasteiger partial charge is 0.367 e. The summed E-state index contributed by atoms with van der Waals surface area (Å²) in [5.74, 6) is 0. The van der Waals surface area contributed by atoms with Gasteiger partial charge in [0.2, 0.25) is 0 Å². The van der Waals surface area contributed by atoms with Crippen LogP contribution in [0.3, 0.4) is 0 Å². The highest BCUT2D eigenvalue weighted by molar-refractivity contribution is 7.92. The number of nitrogens with one attached hydrogen (secondary N) is 1. The van der Waals surface area contributed by atoms with Crippen molar-refractivity contribution >= 4 is 33.0 Å². The Bertz CT molecular complexity index is 1000. The van der Waals surface area contributed by atoms with Crippen molar-refractivity contribution in [2.24, 2.45) is 0 Å². The number of nitrogens with zero attached hydrogens (tertiary/aromatic N) is 4. The molecule has 1 aromatic carbocycles. The van der Waals surface area contributed by atoms with Crippen LogP contribution in [-0.4, -0.2) is 56.3 Å². The van der Waals surface area contributed by atoms with Crippen LogP contribution >= 0.6 is 11.6 Å². The summed E-state index contributed by atoms with van der Waals surface area (Å²) in [6, 6.07) is 5.34. The molecule has 3 rings (SSSR count). The molecule has 160 valence electrons. The molecular formula is C20H30ClN5O2S. The van der Waals surface area contributed by atoms with Gasteiger partial charge in [0.05, 0.1) is 28.3 Å². The smallest absolute Gasteiger partial charge is 0.265 e. The van der Waals surface area contributed by atoms with Gasteiger partial charge in [0, 0.05) is 31.2 Å². The Hall–Kier alpha value is -1.77. The first-order valence-corrected chi connectivity index (χ1v) is 11.6. The zero-order valence-electron chi connectivity index (χ0n) is 18.0. The van der Waals surface area contributed by atoms with Gasteiger partial charge in [-0.15, -0.1) is 0 Å². The minimum absolute atomic E-state index is 0.219. The van der Waals surface area contributed by atoms with E-state index in [4.69, 9.17) is 11.6 Å². The third-order valence-electron chi connectivity index (χ3n) is 5.18. The lowest BCUT2D eigenvalue weighted by Gasteiger charge is -2.35. The molecule has 1 fully saturated rings. The third-order valence-corrected chi connectivity index (χ3v) is 7.03. The van der Waals surface area contributed by atoms with E-state index in [1.54, 1.807) is 30.7 Å². The van der Waals surface area contributed by atoms with Crippen molar-refractivity contribution in [3.05, 3.63) is 34.6 Å². The molecule has 0 saturated carbocycles. The standard InChI is InChI=1S/C20H30ClN5O2S/c1-14-19(15(2)26(22-14)20(3,4)5)29(27,28)23-17-13-16(21)7-8-18(17)25-11-9-24(6)10-12-25/h7-8,13,23H,9-12H2,1-6H3. The Morgan fingerprint density at radius 2 is 1.72 bits per heavy atom. The van der Waals surface area contributed by atoms with Gasteiger partial charge in [-0.1, -0.05) is 11.6 Å². The van der Waals surface area contributed by atoms with Crippen LogP contribution in [0.4, 0.5) is 11.4 Å². The van der Waals surface area contributed by atoms with Crippen molar-refractivity contribution in [3.63, 3.8) is 0 Å². The van der Waals surface area contributed by atoms with Crippen molar-refractivity contribution in [1.82, 2.24) is 14.7 Å². The second-order valence-electron chi connectivity index (χ2n) is 8.64. The number of rotatable bonds is 4. The monoisotopic (exact) mass is 439 g/mol. The molecule has 0 bridgehead atoms. The summed E-state index contributed by atoms with van der Waals surface area (Å²) in [5.41, 5.74) is 2.11. The number of halogens is 1. The lowest BCUT2D eigenvalue weighted by atomic mass is 10.1. The summed E-state index contributed by atoms with van der Waals surface area (Å²) in [4.78, 5) is 4.66. The van der Waals surface area contributed by atoms with E-state index in [9.17, 15) is 8.42 Å². The van der Waals surface area contributed by atoms with Crippen LogP contribution in [0, 0.1) is 13.8 Å². The second kappa shape index (κ2) is 7.81. The van der Waals surface area contributed by atoms with Crippen molar-refractivity contribution in [3.8, 4) is 0 Å². The summed E-state index contributed by atoms with van der Waals surface area (Å²) in [7, 11) is -1.75. The predicted molar refractivity (Wildman–Crippen MR) is 119 cm³/mol. The fourth-order valence-electron chi connectivity index (χ4n) is 3.78. The van der Waals surface area contributed by atoms with E-state index in [1.165, 1.54) is 0 Å². The number of piperazine rings is 1. The van der Waals surface area contributed by atoms with E-state index >= 15 is 0 Å². The molecule has 0 unspecified atom stereocenters. The van der Waals surface area contributed by atoms with Gasteiger partial charge < -0.3 is 9.80 Å². The highest BCUT2D eigenvalue weighted by Gasteiger charge is 2.29. The summed E-state index contributed by atoms with van der Waals surface area (Å²) >= 11 is 6.20. The van der Waals surface area contributed by atoms with Crippen molar-refractivity contribution in [1.29, 1.82) is 0 Å². The van der Waals surface area contributed by atoms with Crippen LogP contribution in [0.5, 0.6) is 0 Å². The number of anilines is 2. The van der Waals surface area contributed by atoms with Gasteiger partial charge in [-0.2, -0.15) is 5.10 Å². The maximum Gasteiger partial charge on any atom is 0.265 e. The molecule has 1 aliphatic rings. The van der Waals surface area contributed by atoms with Gasteiger partial charge in [0.1, 0.15) is 4.90 Å². The van der Waals surface area contributed by atoms with E-state index in [-0.39, 0.29) is 10.4 Å². The molecule has 0 radical (unpaired) electrons. The zero-order valence-corrected chi connectivity index (χ0v) is 19.5. The van der Waals surface area contributed by atoms with Crippen LogP contribution < -0.4 is 9.62 Å². The number of aryl methyl sites for hydroxylation is 1. The Balaban J connectivity index is 2.00. The molecule has 2 aromatic rings. The lowest BCUT2D eigenvalue weighted by molar-refractivity contribution is 0.313. The van der Waals surface area contributed by atoms with E-state index in [0.717, 1.165) is 31.9 Å². The van der Waals surface area contributed by atoms with E-state index in [1.807, 2.05) is 26.8 Å². The fourth-order valence-corrected chi connectivity index (χ4v) is 5.41. The van der Waals surface area contributed by atoms with E-state index in [2.05, 4.69) is 26.7 Å². The number of benzene rings is 1. The molecule has 0 amide bonds. The number of hydrogen-bond donors (Lipinski definition) is 1. The molecule has 1 aromatic heterocycles. The quantitative estimate of drug-likeness (QED) is 0.789. The molecule has 0 aliphatic carbocycles. The summed E-state index contributed by atoms with van der Waals surface area (Å²) in [6.45, 7) is 13.0. The molecule has 1 N–H and O–H groups in total. The van der Waals surface area contributed by atoms with Gasteiger partial charge in [0.25, 0.3) is 10.0 Å². The number of sulfonamides is 1. The van der Waals surface area contributed by atoms with Gasteiger partial charge in [-0.25, -0.2) is 8.42 Å². The van der Waals surface area contributed by atoms with Crippen LogP contribution in [0.2, 0.25) is 5.02 Å². The minimum Gasteiger partial charge on any atom is -0.367 e. The molecule has 7 nitrogen and oxygen atoms in total. The maximum absolute atomic E-state index is 13.3. The first kappa shape index (κ1) is 21.9. The molecule has 9 heteroatoms. The number of likely N-dealkylation sites (N-methyl/N-ethyl adjacent to an activating group) is 1. The zero-order chi connectivity index (χ0) is 21.6. The molecule has 0 atom stereocenters.